The Labute approximate surface area is 121 Å². The van der Waals surface area contributed by atoms with Gasteiger partial charge in [0, 0.05) is 44.2 Å². The summed E-state index contributed by atoms with van der Waals surface area (Å²) in [7, 11) is 1.95. The van der Waals surface area contributed by atoms with Crippen LogP contribution in [0.15, 0.2) is 12.5 Å². The van der Waals surface area contributed by atoms with E-state index in [1.807, 2.05) is 22.7 Å². The molecule has 0 radical (unpaired) electrons. The van der Waals surface area contributed by atoms with Gasteiger partial charge in [0.15, 0.2) is 0 Å². The van der Waals surface area contributed by atoms with Gasteiger partial charge in [0.1, 0.15) is 0 Å². The van der Waals surface area contributed by atoms with E-state index >= 15 is 0 Å². The number of urea groups is 1. The number of amides is 2. The lowest BCUT2D eigenvalue weighted by Gasteiger charge is -2.56. The van der Waals surface area contributed by atoms with Crippen molar-refractivity contribution < 1.29 is 4.79 Å². The maximum atomic E-state index is 12.2. The molecule has 1 N–H and O–H groups in total. The fourth-order valence-electron chi connectivity index (χ4n) is 3.40. The monoisotopic (exact) mass is 278 g/mol. The molecule has 112 valence electrons. The summed E-state index contributed by atoms with van der Waals surface area (Å²) in [6.07, 6.45) is 4.54. The summed E-state index contributed by atoms with van der Waals surface area (Å²) in [5.41, 5.74) is 1.24. The summed E-state index contributed by atoms with van der Waals surface area (Å²) in [6.45, 7) is 10.3. The smallest absolute Gasteiger partial charge is 0.317 e. The SMILES string of the molecule is CC(C)[C@@H]1N(C(=O)NCCc2cn(C)cn2)CC1(C)C. The standard InChI is InChI=1S/C15H26N4O/c1-11(2)13-15(3,4)9-19(13)14(20)16-7-6-12-8-18(5)10-17-12/h8,10-11,13H,6-7,9H2,1-5H3,(H,16,20)/t13-/m0/s1. The fourth-order valence-corrected chi connectivity index (χ4v) is 3.40. The molecule has 1 aliphatic rings. The Morgan fingerprint density at radius 1 is 1.55 bits per heavy atom. The highest BCUT2D eigenvalue weighted by Crippen LogP contribution is 2.40. The predicted octanol–water partition coefficient (Wildman–Crippen LogP) is 2.04. The summed E-state index contributed by atoms with van der Waals surface area (Å²) < 4.78 is 1.92. The van der Waals surface area contributed by atoms with Crippen molar-refractivity contribution >= 4 is 6.03 Å². The van der Waals surface area contributed by atoms with Crippen molar-refractivity contribution in [1.82, 2.24) is 19.8 Å². The van der Waals surface area contributed by atoms with Crippen molar-refractivity contribution in [1.29, 1.82) is 0 Å². The zero-order valence-corrected chi connectivity index (χ0v) is 13.2. The van der Waals surface area contributed by atoms with Gasteiger partial charge in [-0.1, -0.05) is 27.7 Å². The van der Waals surface area contributed by atoms with Crippen LogP contribution in [0.4, 0.5) is 4.79 Å². The van der Waals surface area contributed by atoms with E-state index in [0.29, 0.717) is 18.5 Å². The van der Waals surface area contributed by atoms with Crippen LogP contribution in [0.3, 0.4) is 0 Å². The lowest BCUT2D eigenvalue weighted by Crippen LogP contribution is -2.67. The van der Waals surface area contributed by atoms with E-state index in [1.54, 1.807) is 6.33 Å². The Morgan fingerprint density at radius 2 is 2.25 bits per heavy atom. The van der Waals surface area contributed by atoms with Gasteiger partial charge in [0.2, 0.25) is 0 Å². The number of nitrogens with one attached hydrogen (secondary N) is 1. The molecule has 2 amide bonds. The quantitative estimate of drug-likeness (QED) is 0.916. The molecule has 1 aromatic heterocycles. The molecule has 5 nitrogen and oxygen atoms in total. The Morgan fingerprint density at radius 3 is 2.75 bits per heavy atom. The molecule has 1 aliphatic heterocycles. The van der Waals surface area contributed by atoms with E-state index in [2.05, 4.69) is 38.0 Å². The Kier molecular flexibility index (Phi) is 4.06. The van der Waals surface area contributed by atoms with E-state index in [0.717, 1.165) is 18.7 Å². The second-order valence-electron chi connectivity index (χ2n) is 6.82. The number of carbonyl (C=O) groups excluding carboxylic acids is 1. The number of hydrogen-bond acceptors (Lipinski definition) is 2. The molecular formula is C15H26N4O. The van der Waals surface area contributed by atoms with Crippen LogP contribution >= 0.6 is 0 Å². The van der Waals surface area contributed by atoms with Crippen LogP contribution in [0.1, 0.15) is 33.4 Å². The summed E-state index contributed by atoms with van der Waals surface area (Å²) >= 11 is 0. The molecule has 0 bridgehead atoms. The number of rotatable bonds is 4. The van der Waals surface area contributed by atoms with Crippen molar-refractivity contribution in [2.75, 3.05) is 13.1 Å². The number of nitrogens with zero attached hydrogens (tertiary/aromatic N) is 3. The van der Waals surface area contributed by atoms with Gasteiger partial charge in [-0.25, -0.2) is 9.78 Å². The summed E-state index contributed by atoms with van der Waals surface area (Å²) in [4.78, 5) is 18.4. The van der Waals surface area contributed by atoms with Gasteiger partial charge >= 0.3 is 6.03 Å². The second-order valence-corrected chi connectivity index (χ2v) is 6.82. The number of aryl methyl sites for hydroxylation is 1. The third-order valence-corrected chi connectivity index (χ3v) is 4.02. The average Bonchev–Trinajstić information content (AvgIpc) is 2.71. The van der Waals surface area contributed by atoms with Gasteiger partial charge in [-0.15, -0.1) is 0 Å². The van der Waals surface area contributed by atoms with Gasteiger partial charge in [0.25, 0.3) is 0 Å². The van der Waals surface area contributed by atoms with Crippen molar-refractivity contribution in [3.63, 3.8) is 0 Å². The summed E-state index contributed by atoms with van der Waals surface area (Å²) in [5.74, 6) is 0.486. The summed E-state index contributed by atoms with van der Waals surface area (Å²) in [6, 6.07) is 0.385. The van der Waals surface area contributed by atoms with Gasteiger partial charge in [0.05, 0.1) is 12.0 Å². The first-order valence-electron chi connectivity index (χ1n) is 7.32. The van der Waals surface area contributed by atoms with Gasteiger partial charge in [-0.2, -0.15) is 0 Å². The Balaban J connectivity index is 1.81. The normalized spacial score (nSPS) is 20.9. The van der Waals surface area contributed by atoms with Crippen molar-refractivity contribution in [3.05, 3.63) is 18.2 Å². The molecule has 20 heavy (non-hydrogen) atoms. The minimum absolute atomic E-state index is 0.0546. The van der Waals surface area contributed by atoms with Crippen LogP contribution < -0.4 is 5.32 Å². The number of carbonyl (C=O) groups is 1. The summed E-state index contributed by atoms with van der Waals surface area (Å²) in [5, 5.41) is 3.00. The molecule has 1 atom stereocenters. The van der Waals surface area contributed by atoms with Gasteiger partial charge < -0.3 is 14.8 Å². The molecule has 1 aromatic rings. The highest BCUT2D eigenvalue weighted by molar-refractivity contribution is 5.75. The first-order valence-corrected chi connectivity index (χ1v) is 7.32. The van der Waals surface area contributed by atoms with Crippen molar-refractivity contribution in [2.24, 2.45) is 18.4 Å². The zero-order valence-electron chi connectivity index (χ0n) is 13.2. The van der Waals surface area contributed by atoms with E-state index in [9.17, 15) is 4.79 Å². The predicted molar refractivity (Wildman–Crippen MR) is 79.4 cm³/mol. The fraction of sp³-hybridized carbons (Fsp3) is 0.733. The molecular weight excluding hydrogens is 252 g/mol. The highest BCUT2D eigenvalue weighted by atomic mass is 16.2. The lowest BCUT2D eigenvalue weighted by molar-refractivity contribution is -0.0404. The van der Waals surface area contributed by atoms with E-state index in [-0.39, 0.29) is 11.4 Å². The van der Waals surface area contributed by atoms with Crippen LogP contribution in [-0.2, 0) is 13.5 Å². The third-order valence-electron chi connectivity index (χ3n) is 4.02. The Bertz CT molecular complexity index is 478. The number of imidazole rings is 1. The van der Waals surface area contributed by atoms with E-state index < -0.39 is 0 Å². The van der Waals surface area contributed by atoms with Crippen molar-refractivity contribution in [2.45, 2.75) is 40.2 Å². The largest absolute Gasteiger partial charge is 0.340 e. The van der Waals surface area contributed by atoms with Crippen LogP contribution in [0.5, 0.6) is 0 Å². The molecule has 1 fully saturated rings. The van der Waals surface area contributed by atoms with E-state index in [1.165, 1.54) is 0 Å². The van der Waals surface area contributed by atoms with Crippen LogP contribution in [-0.4, -0.2) is 39.6 Å². The molecule has 0 aromatic carbocycles. The van der Waals surface area contributed by atoms with Gasteiger partial charge in [-0.05, 0) is 5.92 Å². The topological polar surface area (TPSA) is 50.2 Å². The first-order chi connectivity index (χ1) is 9.31. The lowest BCUT2D eigenvalue weighted by atomic mass is 9.70. The second kappa shape index (κ2) is 5.46. The molecule has 0 saturated carbocycles. The third kappa shape index (κ3) is 2.97. The molecule has 0 spiro atoms. The number of aromatic nitrogens is 2. The minimum Gasteiger partial charge on any atom is -0.340 e. The maximum Gasteiger partial charge on any atom is 0.317 e. The maximum absolute atomic E-state index is 12.2. The minimum atomic E-state index is 0.0546. The van der Waals surface area contributed by atoms with Gasteiger partial charge in [-0.3, -0.25) is 0 Å². The van der Waals surface area contributed by atoms with E-state index in [4.69, 9.17) is 0 Å². The number of hydrogen-bond donors (Lipinski definition) is 1. The Hall–Kier alpha value is -1.52. The van der Waals surface area contributed by atoms with Crippen LogP contribution in [0.2, 0.25) is 0 Å². The molecule has 1 saturated heterocycles. The molecule has 2 heterocycles. The number of likely N-dealkylation sites (tertiary alicyclic amines) is 1. The first kappa shape index (κ1) is 14.9. The molecule has 5 heteroatoms. The van der Waals surface area contributed by atoms with Crippen LogP contribution in [0.25, 0.3) is 0 Å². The van der Waals surface area contributed by atoms with Crippen LogP contribution in [0, 0.1) is 11.3 Å². The highest BCUT2D eigenvalue weighted by Gasteiger charge is 2.49. The average molecular weight is 278 g/mol. The molecule has 2 rings (SSSR count). The molecule has 0 unspecified atom stereocenters. The van der Waals surface area contributed by atoms with Crippen molar-refractivity contribution in [3.8, 4) is 0 Å². The molecule has 0 aliphatic carbocycles. The zero-order chi connectivity index (χ0) is 14.9.